The molecule has 3 rings (SSSR count). The Bertz CT molecular complexity index is 749. The van der Waals surface area contributed by atoms with E-state index in [-0.39, 0.29) is 18.0 Å². The topological polar surface area (TPSA) is 79.5 Å². The largest absolute Gasteiger partial charge is 0.457 e. The van der Waals surface area contributed by atoms with Crippen molar-refractivity contribution in [2.45, 2.75) is 25.8 Å². The molecule has 3 N–H and O–H groups in total. The number of benzene rings is 2. The number of amides is 3. The summed E-state index contributed by atoms with van der Waals surface area (Å²) in [5.41, 5.74) is 1.81. The third-order valence-corrected chi connectivity index (χ3v) is 3.94. The molecule has 0 spiro atoms. The number of carbonyl (C=O) groups is 2. The van der Waals surface area contributed by atoms with E-state index in [1.54, 1.807) is 24.3 Å². The minimum Gasteiger partial charge on any atom is -0.457 e. The summed E-state index contributed by atoms with van der Waals surface area (Å²) in [6.45, 7) is 2.48. The van der Waals surface area contributed by atoms with Gasteiger partial charge in [0.25, 0.3) is 0 Å². The van der Waals surface area contributed by atoms with Crippen molar-refractivity contribution in [3.63, 3.8) is 0 Å². The highest BCUT2D eigenvalue weighted by molar-refractivity contribution is 5.89. The molecule has 0 aliphatic carbocycles. The number of urea groups is 1. The van der Waals surface area contributed by atoms with Gasteiger partial charge < -0.3 is 20.7 Å². The van der Waals surface area contributed by atoms with Gasteiger partial charge in [0.2, 0.25) is 5.91 Å². The molecular weight excluding hydrogens is 318 g/mol. The summed E-state index contributed by atoms with van der Waals surface area (Å²) in [5.74, 6) is 1.51. The molecule has 1 unspecified atom stereocenters. The Morgan fingerprint density at radius 1 is 1.16 bits per heavy atom. The van der Waals surface area contributed by atoms with E-state index >= 15 is 0 Å². The van der Waals surface area contributed by atoms with E-state index in [1.807, 2.05) is 31.2 Å². The number of aryl methyl sites for hydroxylation is 1. The molecule has 0 aromatic heterocycles. The first-order valence-corrected chi connectivity index (χ1v) is 8.27. The van der Waals surface area contributed by atoms with E-state index in [4.69, 9.17) is 4.74 Å². The number of nitrogens with one attached hydrogen (secondary N) is 3. The standard InChI is InChI=1S/C19H21N3O3/c1-13-3-2-4-17(11-13)25-16-8-5-14(6-9-16)21-19(24)22-15-7-10-18(23)20-12-15/h2-6,8-9,11,15H,7,10,12H2,1H3,(H,20,23)(H2,21,22,24). The van der Waals surface area contributed by atoms with E-state index < -0.39 is 0 Å². The first-order chi connectivity index (χ1) is 12.1. The first-order valence-electron chi connectivity index (χ1n) is 8.27. The van der Waals surface area contributed by atoms with Crippen LogP contribution in [0.4, 0.5) is 10.5 Å². The van der Waals surface area contributed by atoms with Crippen molar-refractivity contribution in [1.29, 1.82) is 0 Å². The van der Waals surface area contributed by atoms with Crippen LogP contribution in [-0.4, -0.2) is 24.5 Å². The van der Waals surface area contributed by atoms with Crippen LogP contribution in [0.3, 0.4) is 0 Å². The van der Waals surface area contributed by atoms with E-state index in [2.05, 4.69) is 16.0 Å². The van der Waals surface area contributed by atoms with Crippen molar-refractivity contribution < 1.29 is 14.3 Å². The molecule has 3 amide bonds. The van der Waals surface area contributed by atoms with E-state index in [0.717, 1.165) is 11.3 Å². The summed E-state index contributed by atoms with van der Waals surface area (Å²) in [7, 11) is 0. The molecule has 0 radical (unpaired) electrons. The fraction of sp³-hybridized carbons (Fsp3) is 0.263. The van der Waals surface area contributed by atoms with E-state index in [1.165, 1.54) is 0 Å². The van der Waals surface area contributed by atoms with Crippen molar-refractivity contribution in [2.24, 2.45) is 0 Å². The van der Waals surface area contributed by atoms with Crippen LogP contribution in [0.15, 0.2) is 48.5 Å². The molecule has 2 aromatic rings. The van der Waals surface area contributed by atoms with Crippen molar-refractivity contribution in [1.82, 2.24) is 10.6 Å². The molecule has 2 aromatic carbocycles. The van der Waals surface area contributed by atoms with Gasteiger partial charge in [-0.2, -0.15) is 0 Å². The van der Waals surface area contributed by atoms with Crippen molar-refractivity contribution in [3.05, 3.63) is 54.1 Å². The number of piperidine rings is 1. The third kappa shape index (κ3) is 4.97. The second kappa shape index (κ2) is 7.70. The summed E-state index contributed by atoms with van der Waals surface area (Å²) < 4.78 is 5.78. The number of rotatable bonds is 4. The molecule has 0 saturated carbocycles. The molecule has 1 fully saturated rings. The molecule has 0 bridgehead atoms. The average Bonchev–Trinajstić information content (AvgIpc) is 2.59. The van der Waals surface area contributed by atoms with Crippen molar-refractivity contribution in [2.75, 3.05) is 11.9 Å². The summed E-state index contributed by atoms with van der Waals surface area (Å²) in [5, 5.41) is 8.37. The van der Waals surface area contributed by atoms with Gasteiger partial charge in [0, 0.05) is 24.7 Å². The maximum absolute atomic E-state index is 12.0. The van der Waals surface area contributed by atoms with Gasteiger partial charge in [0.05, 0.1) is 0 Å². The van der Waals surface area contributed by atoms with Gasteiger partial charge in [-0.25, -0.2) is 4.79 Å². The van der Waals surface area contributed by atoms with Crippen molar-refractivity contribution in [3.8, 4) is 11.5 Å². The highest BCUT2D eigenvalue weighted by Gasteiger charge is 2.19. The fourth-order valence-electron chi connectivity index (χ4n) is 2.63. The zero-order valence-corrected chi connectivity index (χ0v) is 14.0. The zero-order valence-electron chi connectivity index (χ0n) is 14.0. The van der Waals surface area contributed by atoms with Crippen molar-refractivity contribution >= 4 is 17.6 Å². The maximum Gasteiger partial charge on any atom is 0.319 e. The lowest BCUT2D eigenvalue weighted by molar-refractivity contribution is -0.122. The van der Waals surface area contributed by atoms with Gasteiger partial charge in [-0.3, -0.25) is 4.79 Å². The minimum atomic E-state index is -0.284. The third-order valence-electron chi connectivity index (χ3n) is 3.94. The molecule has 1 heterocycles. The minimum absolute atomic E-state index is 0.0302. The molecular formula is C19H21N3O3. The molecule has 6 nitrogen and oxygen atoms in total. The predicted molar refractivity (Wildman–Crippen MR) is 95.9 cm³/mol. The molecule has 25 heavy (non-hydrogen) atoms. The number of anilines is 1. The Balaban J connectivity index is 1.51. The Morgan fingerprint density at radius 2 is 1.96 bits per heavy atom. The molecule has 6 heteroatoms. The van der Waals surface area contributed by atoms with Crippen LogP contribution in [0, 0.1) is 6.92 Å². The van der Waals surface area contributed by atoms with Crippen LogP contribution >= 0.6 is 0 Å². The lowest BCUT2D eigenvalue weighted by Gasteiger charge is -2.23. The molecule has 1 saturated heterocycles. The summed E-state index contributed by atoms with van der Waals surface area (Å²) in [6, 6.07) is 14.7. The van der Waals surface area contributed by atoms with E-state index in [0.29, 0.717) is 30.8 Å². The van der Waals surface area contributed by atoms with Gasteiger partial charge in [0.15, 0.2) is 0 Å². The molecule has 1 aliphatic heterocycles. The maximum atomic E-state index is 12.0. The van der Waals surface area contributed by atoms with Gasteiger partial charge in [-0.05, 0) is 55.3 Å². The van der Waals surface area contributed by atoms with Gasteiger partial charge >= 0.3 is 6.03 Å². The van der Waals surface area contributed by atoms with Crippen LogP contribution in [0.5, 0.6) is 11.5 Å². The van der Waals surface area contributed by atoms with E-state index in [9.17, 15) is 9.59 Å². The monoisotopic (exact) mass is 339 g/mol. The normalized spacial score (nSPS) is 16.7. The van der Waals surface area contributed by atoms with Crippen LogP contribution in [0.2, 0.25) is 0 Å². The number of carbonyl (C=O) groups excluding carboxylic acids is 2. The summed E-state index contributed by atoms with van der Waals surface area (Å²) in [6.07, 6.45) is 1.10. The highest BCUT2D eigenvalue weighted by Crippen LogP contribution is 2.23. The Kier molecular flexibility index (Phi) is 5.18. The second-order valence-corrected chi connectivity index (χ2v) is 6.08. The van der Waals surface area contributed by atoms with Gasteiger partial charge in [0.1, 0.15) is 11.5 Å². The number of ether oxygens (including phenoxy) is 1. The Labute approximate surface area is 146 Å². The molecule has 130 valence electrons. The van der Waals surface area contributed by atoms with Gasteiger partial charge in [-0.15, -0.1) is 0 Å². The molecule has 1 atom stereocenters. The Morgan fingerprint density at radius 3 is 2.64 bits per heavy atom. The van der Waals surface area contributed by atoms with Crippen LogP contribution < -0.4 is 20.7 Å². The predicted octanol–water partition coefficient (Wildman–Crippen LogP) is 3.19. The Hall–Kier alpha value is -3.02. The average molecular weight is 339 g/mol. The fourth-order valence-corrected chi connectivity index (χ4v) is 2.63. The molecule has 1 aliphatic rings. The first kappa shape index (κ1) is 16.8. The lowest BCUT2D eigenvalue weighted by atomic mass is 10.1. The quantitative estimate of drug-likeness (QED) is 0.800. The summed E-state index contributed by atoms with van der Waals surface area (Å²) >= 11 is 0. The lowest BCUT2D eigenvalue weighted by Crippen LogP contribution is -2.48. The second-order valence-electron chi connectivity index (χ2n) is 6.08. The van der Waals surface area contributed by atoms with Crippen LogP contribution in [-0.2, 0) is 4.79 Å². The SMILES string of the molecule is Cc1cccc(Oc2ccc(NC(=O)NC3CCC(=O)NC3)cc2)c1. The van der Waals surface area contributed by atoms with Crippen LogP contribution in [0.25, 0.3) is 0 Å². The smallest absolute Gasteiger partial charge is 0.319 e. The summed E-state index contributed by atoms with van der Waals surface area (Å²) in [4.78, 5) is 23.1. The van der Waals surface area contributed by atoms with Gasteiger partial charge in [-0.1, -0.05) is 12.1 Å². The number of hydrogen-bond donors (Lipinski definition) is 3. The van der Waals surface area contributed by atoms with Crippen LogP contribution in [0.1, 0.15) is 18.4 Å². The zero-order chi connectivity index (χ0) is 17.6. The number of hydrogen-bond acceptors (Lipinski definition) is 3. The highest BCUT2D eigenvalue weighted by atomic mass is 16.5.